The standard InChI is InChI=1S/C16H25N/c1-16(2,17)15-11-9-14(10-12-15)13-7-5-3-4-6-8-13/h9-13H,3-8,17H2,1-2H3. The summed E-state index contributed by atoms with van der Waals surface area (Å²) in [6.07, 6.45) is 8.37. The summed E-state index contributed by atoms with van der Waals surface area (Å²) in [5.74, 6) is 0.785. The maximum atomic E-state index is 6.11. The van der Waals surface area contributed by atoms with Crippen molar-refractivity contribution >= 4 is 0 Å². The first-order chi connectivity index (χ1) is 8.07. The third-order valence-corrected chi connectivity index (χ3v) is 3.98. The summed E-state index contributed by atoms with van der Waals surface area (Å²) in [6.45, 7) is 4.13. The van der Waals surface area contributed by atoms with E-state index in [4.69, 9.17) is 5.73 Å². The van der Waals surface area contributed by atoms with E-state index in [0.29, 0.717) is 0 Å². The molecule has 0 aromatic heterocycles. The number of benzene rings is 1. The van der Waals surface area contributed by atoms with Gasteiger partial charge in [-0.25, -0.2) is 0 Å². The zero-order valence-electron chi connectivity index (χ0n) is 11.2. The van der Waals surface area contributed by atoms with Gasteiger partial charge < -0.3 is 5.73 Å². The maximum Gasteiger partial charge on any atom is 0.0352 e. The van der Waals surface area contributed by atoms with Crippen molar-refractivity contribution in [1.82, 2.24) is 0 Å². The van der Waals surface area contributed by atoms with Crippen molar-refractivity contribution in [3.05, 3.63) is 35.4 Å². The van der Waals surface area contributed by atoms with Crippen LogP contribution in [0.25, 0.3) is 0 Å². The van der Waals surface area contributed by atoms with Gasteiger partial charge in [-0.05, 0) is 43.7 Å². The summed E-state index contributed by atoms with van der Waals surface area (Å²) in [5, 5.41) is 0. The summed E-state index contributed by atoms with van der Waals surface area (Å²) >= 11 is 0. The second kappa shape index (κ2) is 5.22. The summed E-state index contributed by atoms with van der Waals surface area (Å²) < 4.78 is 0. The van der Waals surface area contributed by atoms with Crippen molar-refractivity contribution in [3.8, 4) is 0 Å². The first-order valence-electron chi connectivity index (χ1n) is 6.97. The van der Waals surface area contributed by atoms with Gasteiger partial charge in [0.1, 0.15) is 0 Å². The fourth-order valence-electron chi connectivity index (χ4n) is 2.80. The van der Waals surface area contributed by atoms with E-state index < -0.39 is 0 Å². The van der Waals surface area contributed by atoms with Crippen LogP contribution in [-0.2, 0) is 5.54 Å². The molecule has 0 aliphatic heterocycles. The molecule has 2 rings (SSSR count). The summed E-state index contributed by atoms with van der Waals surface area (Å²) in [5.41, 5.74) is 8.64. The van der Waals surface area contributed by atoms with E-state index in [0.717, 1.165) is 5.92 Å². The van der Waals surface area contributed by atoms with E-state index >= 15 is 0 Å². The molecule has 94 valence electrons. The fraction of sp³-hybridized carbons (Fsp3) is 0.625. The highest BCUT2D eigenvalue weighted by molar-refractivity contribution is 5.29. The summed E-state index contributed by atoms with van der Waals surface area (Å²) in [6, 6.07) is 9.00. The van der Waals surface area contributed by atoms with Gasteiger partial charge in [-0.1, -0.05) is 49.9 Å². The minimum absolute atomic E-state index is 0.220. The van der Waals surface area contributed by atoms with Gasteiger partial charge in [-0.15, -0.1) is 0 Å². The molecule has 0 amide bonds. The summed E-state index contributed by atoms with van der Waals surface area (Å²) in [4.78, 5) is 0. The molecule has 0 atom stereocenters. The average Bonchev–Trinajstić information content (AvgIpc) is 2.56. The molecule has 0 saturated heterocycles. The van der Waals surface area contributed by atoms with Crippen molar-refractivity contribution in [2.75, 3.05) is 0 Å². The topological polar surface area (TPSA) is 26.0 Å². The SMILES string of the molecule is CC(C)(N)c1ccc(C2CCCCCC2)cc1. The lowest BCUT2D eigenvalue weighted by molar-refractivity contribution is 0.552. The lowest BCUT2D eigenvalue weighted by Crippen LogP contribution is -2.28. The van der Waals surface area contributed by atoms with Gasteiger partial charge in [0.2, 0.25) is 0 Å². The first-order valence-corrected chi connectivity index (χ1v) is 6.97. The maximum absolute atomic E-state index is 6.11. The van der Waals surface area contributed by atoms with Gasteiger partial charge in [0.05, 0.1) is 0 Å². The third-order valence-electron chi connectivity index (χ3n) is 3.98. The van der Waals surface area contributed by atoms with Crippen molar-refractivity contribution in [3.63, 3.8) is 0 Å². The minimum atomic E-state index is -0.220. The molecule has 0 spiro atoms. The van der Waals surface area contributed by atoms with Gasteiger partial charge in [0.15, 0.2) is 0 Å². The molecular formula is C16H25N. The normalized spacial score (nSPS) is 19.0. The van der Waals surface area contributed by atoms with Crippen LogP contribution in [0.3, 0.4) is 0 Å². The molecule has 1 aromatic rings. The second-order valence-electron chi connectivity index (χ2n) is 6.03. The Hall–Kier alpha value is -0.820. The molecule has 0 unspecified atom stereocenters. The Kier molecular flexibility index (Phi) is 3.88. The van der Waals surface area contributed by atoms with Gasteiger partial charge in [-0.2, -0.15) is 0 Å². The van der Waals surface area contributed by atoms with Crippen LogP contribution in [0.15, 0.2) is 24.3 Å². The molecule has 1 aromatic carbocycles. The van der Waals surface area contributed by atoms with Crippen molar-refractivity contribution < 1.29 is 0 Å². The molecule has 1 aliphatic rings. The molecule has 1 aliphatic carbocycles. The Labute approximate surface area is 105 Å². The van der Waals surface area contributed by atoms with Crippen LogP contribution < -0.4 is 5.73 Å². The fourth-order valence-corrected chi connectivity index (χ4v) is 2.80. The number of rotatable bonds is 2. The summed E-state index contributed by atoms with van der Waals surface area (Å²) in [7, 11) is 0. The van der Waals surface area contributed by atoms with Crippen LogP contribution >= 0.6 is 0 Å². The number of hydrogen-bond donors (Lipinski definition) is 1. The van der Waals surface area contributed by atoms with E-state index in [1.807, 2.05) is 0 Å². The Morgan fingerprint density at radius 1 is 0.941 bits per heavy atom. The molecule has 0 bridgehead atoms. The molecule has 1 nitrogen and oxygen atoms in total. The van der Waals surface area contributed by atoms with Gasteiger partial charge in [0, 0.05) is 5.54 Å². The largest absolute Gasteiger partial charge is 0.322 e. The minimum Gasteiger partial charge on any atom is -0.322 e. The highest BCUT2D eigenvalue weighted by Crippen LogP contribution is 2.32. The molecule has 1 fully saturated rings. The van der Waals surface area contributed by atoms with Crippen molar-refractivity contribution in [2.24, 2.45) is 5.73 Å². The lowest BCUT2D eigenvalue weighted by Gasteiger charge is -2.21. The highest BCUT2D eigenvalue weighted by atomic mass is 14.7. The highest BCUT2D eigenvalue weighted by Gasteiger charge is 2.17. The molecule has 0 heterocycles. The van der Waals surface area contributed by atoms with Crippen LogP contribution in [0.1, 0.15) is 69.4 Å². The second-order valence-corrected chi connectivity index (χ2v) is 6.03. The van der Waals surface area contributed by atoms with E-state index in [2.05, 4.69) is 38.1 Å². The molecule has 0 radical (unpaired) electrons. The predicted octanol–water partition coefficient (Wildman–Crippen LogP) is 4.32. The van der Waals surface area contributed by atoms with Gasteiger partial charge in [-0.3, -0.25) is 0 Å². The van der Waals surface area contributed by atoms with Crippen LogP contribution in [0.2, 0.25) is 0 Å². The number of nitrogens with two attached hydrogens (primary N) is 1. The van der Waals surface area contributed by atoms with Crippen molar-refractivity contribution in [1.29, 1.82) is 0 Å². The number of hydrogen-bond acceptors (Lipinski definition) is 1. The third kappa shape index (κ3) is 3.32. The van der Waals surface area contributed by atoms with Crippen LogP contribution in [0.4, 0.5) is 0 Å². The Morgan fingerprint density at radius 3 is 1.94 bits per heavy atom. The molecule has 2 N–H and O–H groups in total. The lowest BCUT2D eigenvalue weighted by atomic mass is 9.88. The van der Waals surface area contributed by atoms with Crippen LogP contribution in [-0.4, -0.2) is 0 Å². The monoisotopic (exact) mass is 231 g/mol. The average molecular weight is 231 g/mol. The quantitative estimate of drug-likeness (QED) is 0.754. The Bertz CT molecular complexity index is 337. The van der Waals surface area contributed by atoms with Gasteiger partial charge in [0.25, 0.3) is 0 Å². The van der Waals surface area contributed by atoms with Crippen LogP contribution in [0.5, 0.6) is 0 Å². The van der Waals surface area contributed by atoms with E-state index in [1.165, 1.54) is 49.7 Å². The van der Waals surface area contributed by atoms with E-state index in [1.54, 1.807) is 0 Å². The molecular weight excluding hydrogens is 206 g/mol. The zero-order chi connectivity index (χ0) is 12.3. The Balaban J connectivity index is 2.11. The first kappa shape index (κ1) is 12.6. The molecule has 1 heteroatoms. The predicted molar refractivity (Wildman–Crippen MR) is 74.1 cm³/mol. The van der Waals surface area contributed by atoms with Crippen molar-refractivity contribution in [2.45, 2.75) is 63.8 Å². The van der Waals surface area contributed by atoms with Gasteiger partial charge >= 0.3 is 0 Å². The van der Waals surface area contributed by atoms with Crippen LogP contribution in [0, 0.1) is 0 Å². The molecule has 1 saturated carbocycles. The van der Waals surface area contributed by atoms with E-state index in [9.17, 15) is 0 Å². The zero-order valence-corrected chi connectivity index (χ0v) is 11.2. The molecule has 17 heavy (non-hydrogen) atoms. The Morgan fingerprint density at radius 2 is 1.47 bits per heavy atom. The smallest absolute Gasteiger partial charge is 0.0352 e. The van der Waals surface area contributed by atoms with E-state index in [-0.39, 0.29) is 5.54 Å².